The van der Waals surface area contributed by atoms with Crippen molar-refractivity contribution in [2.45, 2.75) is 46.4 Å². The molecule has 0 aliphatic carbocycles. The molecule has 22 heavy (non-hydrogen) atoms. The molecule has 6 heteroatoms. The van der Waals surface area contributed by atoms with Gasteiger partial charge in [0.05, 0.1) is 19.3 Å². The minimum absolute atomic E-state index is 0.176. The molecule has 2 atom stereocenters. The lowest BCUT2D eigenvalue weighted by Crippen LogP contribution is -2.41. The number of rotatable bonds is 7. The number of carbonyl (C=O) groups is 1. The van der Waals surface area contributed by atoms with Crippen LogP contribution >= 0.6 is 0 Å². The highest BCUT2D eigenvalue weighted by Gasteiger charge is 2.34. The van der Waals surface area contributed by atoms with Crippen LogP contribution in [-0.4, -0.2) is 24.7 Å². The highest BCUT2D eigenvalue weighted by atomic mass is 16.6. The summed E-state index contributed by atoms with van der Waals surface area (Å²) in [6, 6.07) is 9.20. The van der Waals surface area contributed by atoms with E-state index in [2.05, 4.69) is 10.0 Å². The van der Waals surface area contributed by atoms with Crippen LogP contribution in [-0.2, 0) is 20.9 Å². The molecule has 1 rings (SSSR count). The first-order chi connectivity index (χ1) is 10.3. The van der Waals surface area contributed by atoms with Gasteiger partial charge in [0.2, 0.25) is 0 Å². The lowest BCUT2D eigenvalue weighted by atomic mass is 9.84. The van der Waals surface area contributed by atoms with Gasteiger partial charge in [-0.25, -0.2) is 0 Å². The Hall–Kier alpha value is -2.04. The van der Waals surface area contributed by atoms with Crippen molar-refractivity contribution in [3.63, 3.8) is 0 Å². The second-order valence-corrected chi connectivity index (χ2v) is 6.16. The van der Waals surface area contributed by atoms with Crippen LogP contribution < -0.4 is 0 Å². The molecule has 0 unspecified atom stereocenters. The van der Waals surface area contributed by atoms with Crippen molar-refractivity contribution in [3.8, 4) is 0 Å². The summed E-state index contributed by atoms with van der Waals surface area (Å²) in [6.45, 7) is 7.71. The Morgan fingerprint density at radius 1 is 1.32 bits per heavy atom. The number of carbonyl (C=O) groups excluding carboxylic acids is 1. The van der Waals surface area contributed by atoms with Gasteiger partial charge >= 0.3 is 5.97 Å². The molecular formula is C16H23N3O3. The summed E-state index contributed by atoms with van der Waals surface area (Å²) in [5.41, 5.74) is 9.45. The largest absolute Gasteiger partial charge is 0.460 e. The lowest BCUT2D eigenvalue weighted by molar-refractivity contribution is -0.152. The van der Waals surface area contributed by atoms with Gasteiger partial charge in [-0.1, -0.05) is 56.2 Å². The van der Waals surface area contributed by atoms with Crippen molar-refractivity contribution in [2.24, 2.45) is 10.5 Å². The summed E-state index contributed by atoms with van der Waals surface area (Å²) in [5, 5.41) is 3.80. The third-order valence-electron chi connectivity index (χ3n) is 3.13. The van der Waals surface area contributed by atoms with E-state index < -0.39 is 18.1 Å². The average molecular weight is 305 g/mol. The molecule has 0 aromatic heterocycles. The molecule has 0 N–H and O–H groups in total. The number of benzene rings is 1. The molecule has 0 radical (unpaired) electrons. The van der Waals surface area contributed by atoms with Gasteiger partial charge in [-0.15, -0.1) is 0 Å². The standard InChI is InChI=1S/C16H23N3O3/c1-12(20)22-14(15(18-19-17)16(2,3)4)11-21-10-13-8-6-5-7-9-13/h5-9,14-15H,10-11H2,1-4H3/t14-,15-/m1/s1. The summed E-state index contributed by atoms with van der Waals surface area (Å²) in [7, 11) is 0. The second kappa shape index (κ2) is 8.41. The maximum Gasteiger partial charge on any atom is 0.302 e. The number of ether oxygens (including phenoxy) is 2. The third kappa shape index (κ3) is 6.16. The Morgan fingerprint density at radius 2 is 1.95 bits per heavy atom. The molecule has 0 saturated heterocycles. The average Bonchev–Trinajstić information content (AvgIpc) is 2.43. The molecule has 0 spiro atoms. The Balaban J connectivity index is 2.74. The van der Waals surface area contributed by atoms with Gasteiger partial charge in [-0.05, 0) is 16.5 Å². The number of hydrogen-bond acceptors (Lipinski definition) is 4. The highest BCUT2D eigenvalue weighted by Crippen LogP contribution is 2.27. The van der Waals surface area contributed by atoms with E-state index in [-0.39, 0.29) is 12.0 Å². The highest BCUT2D eigenvalue weighted by molar-refractivity contribution is 5.66. The molecule has 0 aliphatic heterocycles. The minimum atomic E-state index is -0.614. The van der Waals surface area contributed by atoms with Crippen LogP contribution in [0, 0.1) is 5.41 Å². The van der Waals surface area contributed by atoms with Crippen LogP contribution in [0.2, 0.25) is 0 Å². The van der Waals surface area contributed by atoms with E-state index in [0.29, 0.717) is 6.61 Å². The Morgan fingerprint density at radius 3 is 2.45 bits per heavy atom. The van der Waals surface area contributed by atoms with E-state index in [9.17, 15) is 4.79 Å². The van der Waals surface area contributed by atoms with Gasteiger partial charge in [0, 0.05) is 11.8 Å². The molecule has 0 amide bonds. The first-order valence-corrected chi connectivity index (χ1v) is 7.17. The van der Waals surface area contributed by atoms with Gasteiger partial charge in [0.25, 0.3) is 0 Å². The van der Waals surface area contributed by atoms with E-state index in [4.69, 9.17) is 15.0 Å². The SMILES string of the molecule is CC(=O)O[C@H](COCc1ccccc1)[C@@H](N=[N+]=[N-])C(C)(C)C. The monoisotopic (exact) mass is 305 g/mol. The van der Waals surface area contributed by atoms with E-state index in [0.717, 1.165) is 5.56 Å². The van der Waals surface area contributed by atoms with Crippen molar-refractivity contribution < 1.29 is 14.3 Å². The van der Waals surface area contributed by atoms with Crippen LogP contribution in [0.3, 0.4) is 0 Å². The Labute approximate surface area is 131 Å². The number of esters is 1. The van der Waals surface area contributed by atoms with Gasteiger partial charge in [-0.3, -0.25) is 4.79 Å². The molecule has 6 nitrogen and oxygen atoms in total. The van der Waals surface area contributed by atoms with Crippen molar-refractivity contribution >= 4 is 5.97 Å². The predicted molar refractivity (Wildman–Crippen MR) is 84.0 cm³/mol. The summed E-state index contributed by atoms with van der Waals surface area (Å²) < 4.78 is 10.9. The minimum Gasteiger partial charge on any atom is -0.460 e. The van der Waals surface area contributed by atoms with Gasteiger partial charge in [-0.2, -0.15) is 0 Å². The van der Waals surface area contributed by atoms with E-state index in [1.807, 2.05) is 51.1 Å². The first-order valence-electron chi connectivity index (χ1n) is 7.17. The zero-order valence-electron chi connectivity index (χ0n) is 13.5. The number of nitrogens with zero attached hydrogens (tertiary/aromatic N) is 3. The maximum atomic E-state index is 11.3. The summed E-state index contributed by atoms with van der Waals surface area (Å²) in [4.78, 5) is 14.2. The van der Waals surface area contributed by atoms with Crippen LogP contribution in [0.1, 0.15) is 33.3 Å². The molecule has 0 saturated carbocycles. The van der Waals surface area contributed by atoms with Crippen LogP contribution in [0.25, 0.3) is 10.4 Å². The summed E-state index contributed by atoms with van der Waals surface area (Å²) >= 11 is 0. The molecule has 120 valence electrons. The normalized spacial score (nSPS) is 13.8. The Bertz CT molecular complexity index is 519. The quantitative estimate of drug-likeness (QED) is 0.332. The van der Waals surface area contributed by atoms with Crippen molar-refractivity contribution in [3.05, 3.63) is 46.3 Å². The molecule has 1 aromatic rings. The van der Waals surface area contributed by atoms with Crippen molar-refractivity contribution in [1.82, 2.24) is 0 Å². The molecular weight excluding hydrogens is 282 g/mol. The van der Waals surface area contributed by atoms with E-state index in [1.54, 1.807) is 0 Å². The molecule has 0 bridgehead atoms. The third-order valence-corrected chi connectivity index (χ3v) is 3.13. The zero-order valence-corrected chi connectivity index (χ0v) is 13.5. The van der Waals surface area contributed by atoms with Gasteiger partial charge in [0.1, 0.15) is 6.10 Å². The van der Waals surface area contributed by atoms with E-state index in [1.165, 1.54) is 6.92 Å². The summed E-state index contributed by atoms with van der Waals surface area (Å²) in [6.07, 6.45) is -0.614. The second-order valence-electron chi connectivity index (χ2n) is 6.16. The predicted octanol–water partition coefficient (Wildman–Crippen LogP) is 3.86. The Kier molecular flexibility index (Phi) is 6.89. The fourth-order valence-corrected chi connectivity index (χ4v) is 2.13. The zero-order chi connectivity index (χ0) is 16.6. The summed E-state index contributed by atoms with van der Waals surface area (Å²) in [5.74, 6) is -0.421. The number of hydrogen-bond donors (Lipinski definition) is 0. The molecule has 1 aromatic carbocycles. The van der Waals surface area contributed by atoms with Crippen LogP contribution in [0.5, 0.6) is 0 Å². The van der Waals surface area contributed by atoms with Gasteiger partial charge < -0.3 is 9.47 Å². The number of azide groups is 1. The topological polar surface area (TPSA) is 84.3 Å². The smallest absolute Gasteiger partial charge is 0.302 e. The molecule has 0 fully saturated rings. The fourth-order valence-electron chi connectivity index (χ4n) is 2.13. The fraction of sp³-hybridized carbons (Fsp3) is 0.562. The van der Waals surface area contributed by atoms with E-state index >= 15 is 0 Å². The molecule has 0 aliphatic rings. The van der Waals surface area contributed by atoms with Crippen molar-refractivity contribution in [1.29, 1.82) is 0 Å². The first kappa shape index (κ1) is 18.0. The van der Waals surface area contributed by atoms with Gasteiger partial charge in [0.15, 0.2) is 0 Å². The van der Waals surface area contributed by atoms with Crippen LogP contribution in [0.4, 0.5) is 0 Å². The van der Waals surface area contributed by atoms with Crippen LogP contribution in [0.15, 0.2) is 35.4 Å². The lowest BCUT2D eigenvalue weighted by Gasteiger charge is -2.32. The molecule has 0 heterocycles. The van der Waals surface area contributed by atoms with Crippen molar-refractivity contribution in [2.75, 3.05) is 6.61 Å². The maximum absolute atomic E-state index is 11.3.